The van der Waals surface area contributed by atoms with Gasteiger partial charge in [0.1, 0.15) is 37.5 Å². The van der Waals surface area contributed by atoms with E-state index in [1.165, 1.54) is 83.5 Å². The van der Waals surface area contributed by atoms with Crippen LogP contribution in [-0.4, -0.2) is 88.4 Å². The standard InChI is InChI=1S/C42H73N3O8/c1-3-5-7-9-11-13-14-15-17-19-21-26-30-45(37(48)29-25-20-18-16-12-10-8-6-4-2)41-38(40(50)39(49)35(32-46)53-41)44-36(47)31-43-42(51)52-33-34-27-23-22-24-28-34/h22-24,27-28,35,38-41,46,49-50H,3-21,25-26,29-33H2,1-2H3,(H,43,51)(H,44,47)/t35-,38-,39+,40-,41-/m1/s1. The number of benzene rings is 1. The summed E-state index contributed by atoms with van der Waals surface area (Å²) in [6, 6.07) is 7.96. The van der Waals surface area contributed by atoms with Gasteiger partial charge in [0, 0.05) is 13.0 Å². The van der Waals surface area contributed by atoms with Crippen molar-refractivity contribution >= 4 is 17.9 Å². The molecular formula is C42H73N3O8. The van der Waals surface area contributed by atoms with Gasteiger partial charge >= 0.3 is 6.09 Å². The molecule has 0 aromatic heterocycles. The summed E-state index contributed by atoms with van der Waals surface area (Å²) in [7, 11) is 0. The fraction of sp³-hybridized carbons (Fsp3) is 0.786. The molecule has 1 aliphatic rings. The minimum Gasteiger partial charge on any atom is -0.445 e. The molecule has 3 amide bonds. The number of ether oxygens (including phenoxy) is 2. The van der Waals surface area contributed by atoms with Gasteiger partial charge in [-0.3, -0.25) is 9.59 Å². The number of amides is 3. The van der Waals surface area contributed by atoms with Gasteiger partial charge in [-0.05, 0) is 18.4 Å². The minimum atomic E-state index is -1.52. The van der Waals surface area contributed by atoms with E-state index in [0.717, 1.165) is 56.9 Å². The first-order chi connectivity index (χ1) is 25.8. The summed E-state index contributed by atoms with van der Waals surface area (Å²) < 4.78 is 11.3. The Morgan fingerprint density at radius 2 is 1.23 bits per heavy atom. The zero-order valence-corrected chi connectivity index (χ0v) is 33.0. The van der Waals surface area contributed by atoms with Crippen LogP contribution in [0.15, 0.2) is 30.3 Å². The van der Waals surface area contributed by atoms with Crippen LogP contribution in [0.2, 0.25) is 0 Å². The average molecular weight is 748 g/mol. The third kappa shape index (κ3) is 20.0. The highest BCUT2D eigenvalue weighted by Gasteiger charge is 2.48. The fourth-order valence-corrected chi connectivity index (χ4v) is 6.93. The lowest BCUT2D eigenvalue weighted by Gasteiger charge is -2.47. The van der Waals surface area contributed by atoms with Gasteiger partial charge in [0.2, 0.25) is 11.8 Å². The maximum Gasteiger partial charge on any atom is 0.407 e. The molecule has 53 heavy (non-hydrogen) atoms. The third-order valence-corrected chi connectivity index (χ3v) is 10.2. The van der Waals surface area contributed by atoms with Crippen LogP contribution in [0.1, 0.15) is 161 Å². The number of nitrogens with zero attached hydrogens (tertiary/aromatic N) is 1. The molecular weight excluding hydrogens is 674 g/mol. The largest absolute Gasteiger partial charge is 0.445 e. The molecule has 1 saturated heterocycles. The zero-order chi connectivity index (χ0) is 38.5. The van der Waals surface area contributed by atoms with Gasteiger partial charge in [0.05, 0.1) is 6.61 Å². The predicted octanol–water partition coefficient (Wildman–Crippen LogP) is 7.29. The maximum atomic E-state index is 13.9. The molecule has 0 spiro atoms. The Hall–Kier alpha value is -2.73. The Kier molecular flexibility index (Phi) is 25.9. The van der Waals surface area contributed by atoms with Gasteiger partial charge in [-0.15, -0.1) is 0 Å². The van der Waals surface area contributed by atoms with E-state index in [9.17, 15) is 29.7 Å². The molecule has 304 valence electrons. The number of aliphatic hydroxyl groups excluding tert-OH is 3. The second-order valence-electron chi connectivity index (χ2n) is 14.8. The van der Waals surface area contributed by atoms with Crippen LogP contribution in [0, 0.1) is 0 Å². The van der Waals surface area contributed by atoms with E-state index in [-0.39, 0.29) is 12.5 Å². The van der Waals surface area contributed by atoms with Crippen molar-refractivity contribution < 1.29 is 39.2 Å². The molecule has 0 radical (unpaired) electrons. The van der Waals surface area contributed by atoms with E-state index in [2.05, 4.69) is 24.5 Å². The van der Waals surface area contributed by atoms with E-state index in [4.69, 9.17) is 9.47 Å². The number of carbonyl (C=O) groups is 3. The van der Waals surface area contributed by atoms with Crippen LogP contribution < -0.4 is 10.6 Å². The van der Waals surface area contributed by atoms with Crippen molar-refractivity contribution in [3.8, 4) is 0 Å². The van der Waals surface area contributed by atoms with Crippen LogP contribution in [0.4, 0.5) is 4.79 Å². The summed E-state index contributed by atoms with van der Waals surface area (Å²) in [4.78, 5) is 40.8. The Morgan fingerprint density at radius 3 is 1.75 bits per heavy atom. The molecule has 1 aromatic rings. The second-order valence-corrected chi connectivity index (χ2v) is 14.8. The van der Waals surface area contributed by atoms with E-state index in [1.54, 1.807) is 4.90 Å². The van der Waals surface area contributed by atoms with Gasteiger partial charge in [-0.1, -0.05) is 166 Å². The summed E-state index contributed by atoms with van der Waals surface area (Å²) in [5, 5.41) is 37.0. The number of rotatable bonds is 30. The molecule has 1 aliphatic heterocycles. The average Bonchev–Trinajstić information content (AvgIpc) is 3.17. The van der Waals surface area contributed by atoms with Crippen LogP contribution in [0.5, 0.6) is 0 Å². The van der Waals surface area contributed by atoms with E-state index < -0.39 is 55.7 Å². The van der Waals surface area contributed by atoms with E-state index in [1.807, 2.05) is 30.3 Å². The van der Waals surface area contributed by atoms with Crippen LogP contribution in [-0.2, 0) is 25.7 Å². The normalized spacial score (nSPS) is 19.8. The monoisotopic (exact) mass is 748 g/mol. The number of hydrogen-bond donors (Lipinski definition) is 5. The summed E-state index contributed by atoms with van der Waals surface area (Å²) in [6.45, 7) is 3.83. The Morgan fingerprint density at radius 1 is 0.717 bits per heavy atom. The molecule has 0 saturated carbocycles. The molecule has 0 bridgehead atoms. The van der Waals surface area contributed by atoms with Gasteiger partial charge in [-0.2, -0.15) is 0 Å². The number of hydrogen-bond acceptors (Lipinski definition) is 8. The first-order valence-electron chi connectivity index (χ1n) is 21.0. The lowest BCUT2D eigenvalue weighted by molar-refractivity contribution is -0.231. The molecule has 1 heterocycles. The van der Waals surface area contributed by atoms with Crippen molar-refractivity contribution in [3.05, 3.63) is 35.9 Å². The van der Waals surface area contributed by atoms with Crippen molar-refractivity contribution in [1.29, 1.82) is 0 Å². The summed E-state index contributed by atoms with van der Waals surface area (Å²) >= 11 is 0. The van der Waals surface area contributed by atoms with Gasteiger partial charge in [-0.25, -0.2) is 4.79 Å². The van der Waals surface area contributed by atoms with Crippen molar-refractivity contribution in [3.63, 3.8) is 0 Å². The molecule has 11 nitrogen and oxygen atoms in total. The number of alkyl carbamates (subject to hydrolysis) is 1. The summed E-state index contributed by atoms with van der Waals surface area (Å²) in [6.07, 6.45) is 18.4. The summed E-state index contributed by atoms with van der Waals surface area (Å²) in [5.41, 5.74) is 0.796. The highest BCUT2D eigenvalue weighted by molar-refractivity contribution is 5.82. The van der Waals surface area contributed by atoms with Gasteiger partial charge < -0.3 is 40.3 Å². The van der Waals surface area contributed by atoms with E-state index >= 15 is 0 Å². The summed E-state index contributed by atoms with van der Waals surface area (Å²) in [5.74, 6) is -0.797. The van der Waals surface area contributed by atoms with Crippen molar-refractivity contribution in [2.45, 2.75) is 192 Å². The van der Waals surface area contributed by atoms with Crippen LogP contribution >= 0.6 is 0 Å². The smallest absolute Gasteiger partial charge is 0.407 e. The van der Waals surface area contributed by atoms with Crippen LogP contribution in [0.25, 0.3) is 0 Å². The van der Waals surface area contributed by atoms with Crippen molar-refractivity contribution in [2.75, 3.05) is 19.7 Å². The topological polar surface area (TPSA) is 158 Å². The first-order valence-corrected chi connectivity index (χ1v) is 21.0. The van der Waals surface area contributed by atoms with Gasteiger partial charge in [0.25, 0.3) is 0 Å². The Bertz CT molecular complexity index is 1090. The number of aliphatic hydroxyl groups is 3. The molecule has 1 aromatic carbocycles. The number of nitrogens with one attached hydrogen (secondary N) is 2. The number of carbonyl (C=O) groups excluding carboxylic acids is 3. The molecule has 0 unspecified atom stereocenters. The highest BCUT2D eigenvalue weighted by atomic mass is 16.6. The fourth-order valence-electron chi connectivity index (χ4n) is 6.93. The molecule has 2 rings (SSSR count). The maximum absolute atomic E-state index is 13.9. The minimum absolute atomic E-state index is 0.0371. The van der Waals surface area contributed by atoms with Gasteiger partial charge in [0.15, 0.2) is 6.23 Å². The third-order valence-electron chi connectivity index (χ3n) is 10.2. The molecule has 1 fully saturated rings. The predicted molar refractivity (Wildman–Crippen MR) is 209 cm³/mol. The molecule has 5 atom stereocenters. The highest BCUT2D eigenvalue weighted by Crippen LogP contribution is 2.26. The Labute approximate surface area is 320 Å². The second kappa shape index (κ2) is 29.6. The first kappa shape index (κ1) is 46.4. The van der Waals surface area contributed by atoms with Crippen molar-refractivity contribution in [2.24, 2.45) is 0 Å². The number of unbranched alkanes of at least 4 members (excludes halogenated alkanes) is 19. The zero-order valence-electron chi connectivity index (χ0n) is 33.0. The van der Waals surface area contributed by atoms with Crippen molar-refractivity contribution in [1.82, 2.24) is 15.5 Å². The molecule has 5 N–H and O–H groups in total. The lowest BCUT2D eigenvalue weighted by atomic mass is 9.94. The Balaban J connectivity index is 1.99. The molecule has 0 aliphatic carbocycles. The van der Waals surface area contributed by atoms with Crippen LogP contribution in [0.3, 0.4) is 0 Å². The molecule has 11 heteroatoms. The quantitative estimate of drug-likeness (QED) is 0.0514. The lowest BCUT2D eigenvalue weighted by Crippen LogP contribution is -2.69. The van der Waals surface area contributed by atoms with E-state index in [0.29, 0.717) is 13.0 Å². The SMILES string of the molecule is CCCCCCCCCCCCCCN(C(=O)CCCCCCCCCCC)[C@@H]1O[C@H](CO)[C@H](O)[C@H](O)[C@H]1NC(=O)CNC(=O)OCc1ccccc1.